The third kappa shape index (κ3) is 4.34. The third-order valence-electron chi connectivity index (χ3n) is 2.66. The Morgan fingerprint density at radius 1 is 1.23 bits per heavy atom. The zero-order valence-electron chi connectivity index (χ0n) is 11.6. The maximum atomic E-state index is 11.9. The van der Waals surface area contributed by atoms with Crippen LogP contribution in [0.3, 0.4) is 0 Å². The number of hydrogen-bond acceptors (Lipinski definition) is 3. The molecule has 22 heavy (non-hydrogen) atoms. The van der Waals surface area contributed by atoms with Crippen LogP contribution in [-0.2, 0) is 0 Å². The number of hydrogen-bond donors (Lipinski definition) is 3. The molecule has 0 fully saturated rings. The molecule has 0 aliphatic heterocycles. The highest BCUT2D eigenvalue weighted by Crippen LogP contribution is 2.23. The Kier molecular flexibility index (Phi) is 5.57. The van der Waals surface area contributed by atoms with Gasteiger partial charge in [0.25, 0.3) is 0 Å². The largest absolute Gasteiger partial charge is 0.451 e. The Morgan fingerprint density at radius 3 is 2.64 bits per heavy atom. The van der Waals surface area contributed by atoms with Crippen molar-refractivity contribution < 1.29 is 9.21 Å². The zero-order chi connectivity index (χ0) is 15.9. The number of thiocarbonyl (C=S) groups is 1. The van der Waals surface area contributed by atoms with Crippen molar-refractivity contribution in [2.45, 2.75) is 0 Å². The van der Waals surface area contributed by atoms with E-state index in [0.717, 1.165) is 5.56 Å². The number of carbonyl (C=O) groups excluding carboxylic acids is 1. The number of hydrazine groups is 1. The number of carbonyl (C=O) groups is 1. The van der Waals surface area contributed by atoms with Crippen LogP contribution in [0.1, 0.15) is 10.6 Å². The van der Waals surface area contributed by atoms with Crippen LogP contribution in [-0.4, -0.2) is 17.6 Å². The number of nitrogens with one attached hydrogen (secondary N) is 3. The van der Waals surface area contributed by atoms with Gasteiger partial charge in [-0.1, -0.05) is 17.7 Å². The molecule has 0 saturated carbocycles. The van der Waals surface area contributed by atoms with Gasteiger partial charge in [0.15, 0.2) is 10.9 Å². The van der Waals surface area contributed by atoms with Gasteiger partial charge < -0.3 is 9.73 Å². The molecule has 0 radical (unpaired) electrons. The van der Waals surface area contributed by atoms with E-state index in [4.69, 9.17) is 28.2 Å². The summed E-state index contributed by atoms with van der Waals surface area (Å²) < 4.78 is 5.51. The maximum Gasteiger partial charge on any atom is 0.305 e. The second-order valence-electron chi connectivity index (χ2n) is 4.25. The second kappa shape index (κ2) is 7.63. The molecule has 0 unspecified atom stereocenters. The minimum Gasteiger partial charge on any atom is -0.451 e. The highest BCUT2D eigenvalue weighted by atomic mass is 35.5. The zero-order valence-corrected chi connectivity index (χ0v) is 13.1. The van der Waals surface area contributed by atoms with Crippen LogP contribution in [0.15, 0.2) is 53.5 Å². The minimum absolute atomic E-state index is 0.170. The topological polar surface area (TPSA) is 66.3 Å². The first-order valence-corrected chi connectivity index (χ1v) is 7.19. The Balaban J connectivity index is 1.96. The van der Waals surface area contributed by atoms with Gasteiger partial charge in [0.2, 0.25) is 0 Å². The number of halogens is 1. The molecule has 1 heterocycles. The lowest BCUT2D eigenvalue weighted by Crippen LogP contribution is -2.46. The molecule has 0 aliphatic carbocycles. The molecule has 3 N–H and O–H groups in total. The van der Waals surface area contributed by atoms with E-state index in [-0.39, 0.29) is 10.9 Å². The van der Waals surface area contributed by atoms with Crippen molar-refractivity contribution in [3.05, 3.63) is 59.8 Å². The van der Waals surface area contributed by atoms with Gasteiger partial charge in [0, 0.05) is 17.1 Å². The van der Waals surface area contributed by atoms with E-state index < -0.39 is 5.91 Å². The molecule has 0 aliphatic rings. The summed E-state index contributed by atoms with van der Waals surface area (Å²) in [4.78, 5) is 11.9. The summed E-state index contributed by atoms with van der Waals surface area (Å²) in [7, 11) is 0. The molecule has 0 bridgehead atoms. The predicted molar refractivity (Wildman–Crippen MR) is 90.6 cm³/mol. The SMILES string of the molecule is C=CCNC(=S)NNC(=O)c1ccc(-c2ccc(Cl)cc2)o1. The lowest BCUT2D eigenvalue weighted by molar-refractivity contribution is 0.0916. The third-order valence-corrected chi connectivity index (χ3v) is 3.15. The van der Waals surface area contributed by atoms with Crippen molar-refractivity contribution in [3.8, 4) is 11.3 Å². The molecule has 1 aromatic heterocycles. The van der Waals surface area contributed by atoms with Crippen molar-refractivity contribution in [2.75, 3.05) is 6.54 Å². The van der Waals surface area contributed by atoms with Crippen LogP contribution in [0.4, 0.5) is 0 Å². The summed E-state index contributed by atoms with van der Waals surface area (Å²) in [6.45, 7) is 4.06. The van der Waals surface area contributed by atoms with Gasteiger partial charge in [0.05, 0.1) is 0 Å². The van der Waals surface area contributed by atoms with Gasteiger partial charge in [-0.3, -0.25) is 15.6 Å². The van der Waals surface area contributed by atoms with Crippen LogP contribution >= 0.6 is 23.8 Å². The Morgan fingerprint density at radius 2 is 1.95 bits per heavy atom. The quantitative estimate of drug-likeness (QED) is 0.455. The summed E-state index contributed by atoms with van der Waals surface area (Å²) in [6.07, 6.45) is 1.65. The van der Waals surface area contributed by atoms with Gasteiger partial charge >= 0.3 is 5.91 Å². The molecule has 0 atom stereocenters. The van der Waals surface area contributed by atoms with E-state index in [0.29, 0.717) is 17.3 Å². The fourth-order valence-electron chi connectivity index (χ4n) is 1.61. The molecule has 0 saturated heterocycles. The molecule has 114 valence electrons. The number of rotatable bonds is 4. The van der Waals surface area contributed by atoms with E-state index in [1.807, 2.05) is 12.1 Å². The van der Waals surface area contributed by atoms with Crippen LogP contribution in [0.25, 0.3) is 11.3 Å². The van der Waals surface area contributed by atoms with Gasteiger partial charge in [-0.25, -0.2) is 0 Å². The Labute approximate surface area is 138 Å². The number of amides is 1. The van der Waals surface area contributed by atoms with Crippen molar-refractivity contribution in [2.24, 2.45) is 0 Å². The van der Waals surface area contributed by atoms with Crippen LogP contribution < -0.4 is 16.2 Å². The fraction of sp³-hybridized carbons (Fsp3) is 0.0667. The van der Waals surface area contributed by atoms with Crippen molar-refractivity contribution in [1.29, 1.82) is 0 Å². The minimum atomic E-state index is -0.428. The van der Waals surface area contributed by atoms with Crippen LogP contribution in [0, 0.1) is 0 Å². The second-order valence-corrected chi connectivity index (χ2v) is 5.09. The standard InChI is InChI=1S/C15H14ClN3O2S/c1-2-9-17-15(22)19-18-14(20)13-8-7-12(21-13)10-3-5-11(16)6-4-10/h2-8H,1,9H2,(H,18,20)(H2,17,19,22). The average Bonchev–Trinajstić information content (AvgIpc) is 3.01. The van der Waals surface area contributed by atoms with Gasteiger partial charge in [0.1, 0.15) is 5.76 Å². The Bertz CT molecular complexity index is 682. The molecule has 1 amide bonds. The monoisotopic (exact) mass is 335 g/mol. The molecule has 1 aromatic carbocycles. The number of furan rings is 1. The first kappa shape index (κ1) is 16.1. The van der Waals surface area contributed by atoms with E-state index in [1.165, 1.54) is 0 Å². The molecular formula is C15H14ClN3O2S. The number of benzene rings is 1. The molecule has 2 rings (SSSR count). The molecule has 0 spiro atoms. The maximum absolute atomic E-state index is 11.9. The predicted octanol–water partition coefficient (Wildman–Crippen LogP) is 2.89. The normalized spacial score (nSPS) is 9.86. The van der Waals surface area contributed by atoms with E-state index in [1.54, 1.807) is 30.3 Å². The van der Waals surface area contributed by atoms with Crippen molar-refractivity contribution in [3.63, 3.8) is 0 Å². The lowest BCUT2D eigenvalue weighted by Gasteiger charge is -2.08. The van der Waals surface area contributed by atoms with Gasteiger partial charge in [-0.05, 0) is 48.6 Å². The van der Waals surface area contributed by atoms with Gasteiger partial charge in [-0.15, -0.1) is 6.58 Å². The molecule has 2 aromatic rings. The summed E-state index contributed by atoms with van der Waals surface area (Å²) in [6, 6.07) is 10.4. The van der Waals surface area contributed by atoms with Crippen molar-refractivity contribution in [1.82, 2.24) is 16.2 Å². The summed E-state index contributed by atoms with van der Waals surface area (Å²) >= 11 is 10.8. The smallest absolute Gasteiger partial charge is 0.305 e. The highest BCUT2D eigenvalue weighted by Gasteiger charge is 2.12. The van der Waals surface area contributed by atoms with E-state index in [2.05, 4.69) is 22.7 Å². The average molecular weight is 336 g/mol. The van der Waals surface area contributed by atoms with Crippen LogP contribution in [0.2, 0.25) is 5.02 Å². The first-order valence-electron chi connectivity index (χ1n) is 6.41. The van der Waals surface area contributed by atoms with Crippen molar-refractivity contribution >= 4 is 34.8 Å². The Hall–Kier alpha value is -2.31. The van der Waals surface area contributed by atoms with Gasteiger partial charge in [-0.2, -0.15) is 0 Å². The highest BCUT2D eigenvalue weighted by molar-refractivity contribution is 7.80. The summed E-state index contributed by atoms with van der Waals surface area (Å²) in [5, 5.41) is 3.75. The van der Waals surface area contributed by atoms with Crippen LogP contribution in [0.5, 0.6) is 0 Å². The first-order chi connectivity index (χ1) is 10.6. The molecule has 7 heteroatoms. The van der Waals surface area contributed by atoms with E-state index in [9.17, 15) is 4.79 Å². The summed E-state index contributed by atoms with van der Waals surface area (Å²) in [5.74, 6) is 0.320. The summed E-state index contributed by atoms with van der Waals surface area (Å²) in [5.41, 5.74) is 5.84. The lowest BCUT2D eigenvalue weighted by atomic mass is 10.2. The van der Waals surface area contributed by atoms with E-state index >= 15 is 0 Å². The molecular weight excluding hydrogens is 322 g/mol. The molecule has 5 nitrogen and oxygen atoms in total. The fourth-order valence-corrected chi connectivity index (χ4v) is 1.87.